The van der Waals surface area contributed by atoms with Gasteiger partial charge in [-0.3, -0.25) is 14.5 Å². The van der Waals surface area contributed by atoms with Crippen LogP contribution in [0.15, 0.2) is 42.9 Å². The number of pyridine rings is 1. The smallest absolute Gasteiger partial charge is 0.407 e. The first-order valence-electron chi connectivity index (χ1n) is 11.4. The molecule has 0 saturated heterocycles. The summed E-state index contributed by atoms with van der Waals surface area (Å²) in [6.07, 6.45) is 9.90. The van der Waals surface area contributed by atoms with Gasteiger partial charge in [-0.05, 0) is 61.4 Å². The average molecular weight is 491 g/mol. The standard InChI is InChI=1S/C25H26N6O3S/c1-2-31-19(9-11-29-31)15-28-25(33)34-16-18-5-7-20-21(13-26)24(35-22(20)12-18)30-23(32)8-6-17-4-3-10-27-14-17/h3-4,6,8-11,14,18H,2,5,7,12,15-16H2,1H3,(H,28,33)(H,30,32). The third-order valence-electron chi connectivity index (χ3n) is 5.80. The second-order valence-corrected chi connectivity index (χ2v) is 9.23. The van der Waals surface area contributed by atoms with Crippen LogP contribution in [0.3, 0.4) is 0 Å². The maximum Gasteiger partial charge on any atom is 0.407 e. The van der Waals surface area contributed by atoms with Gasteiger partial charge in [0.05, 0.1) is 24.4 Å². The number of aryl methyl sites for hydroxylation is 1. The summed E-state index contributed by atoms with van der Waals surface area (Å²) < 4.78 is 7.26. The van der Waals surface area contributed by atoms with Crippen LogP contribution in [0, 0.1) is 17.2 Å². The second-order valence-electron chi connectivity index (χ2n) is 8.13. The lowest BCUT2D eigenvalue weighted by Crippen LogP contribution is -2.28. The molecule has 3 heterocycles. The van der Waals surface area contributed by atoms with Gasteiger partial charge in [0.2, 0.25) is 5.91 Å². The van der Waals surface area contributed by atoms with Crippen LogP contribution in [0.25, 0.3) is 6.08 Å². The lowest BCUT2D eigenvalue weighted by atomic mass is 9.88. The van der Waals surface area contributed by atoms with Gasteiger partial charge in [0.15, 0.2) is 0 Å². The zero-order valence-corrected chi connectivity index (χ0v) is 20.2. The molecule has 10 heteroatoms. The summed E-state index contributed by atoms with van der Waals surface area (Å²) in [4.78, 5) is 29.6. The van der Waals surface area contributed by atoms with E-state index in [-0.39, 0.29) is 11.8 Å². The van der Waals surface area contributed by atoms with Gasteiger partial charge >= 0.3 is 6.09 Å². The Hall–Kier alpha value is -3.97. The van der Waals surface area contributed by atoms with Crippen molar-refractivity contribution in [2.45, 2.75) is 39.3 Å². The summed E-state index contributed by atoms with van der Waals surface area (Å²) in [7, 11) is 0. The van der Waals surface area contributed by atoms with Crippen molar-refractivity contribution in [3.63, 3.8) is 0 Å². The van der Waals surface area contributed by atoms with E-state index in [4.69, 9.17) is 4.74 Å². The number of thiophene rings is 1. The first-order chi connectivity index (χ1) is 17.1. The van der Waals surface area contributed by atoms with Gasteiger partial charge in [-0.25, -0.2) is 4.79 Å². The van der Waals surface area contributed by atoms with Crippen molar-refractivity contribution < 1.29 is 14.3 Å². The van der Waals surface area contributed by atoms with Gasteiger partial charge in [-0.1, -0.05) is 6.07 Å². The number of nitriles is 1. The number of carbonyl (C=O) groups excluding carboxylic acids is 2. The summed E-state index contributed by atoms with van der Waals surface area (Å²) in [5.74, 6) is -0.140. The Morgan fingerprint density at radius 2 is 2.26 bits per heavy atom. The SMILES string of the molecule is CCn1nccc1CNC(=O)OCC1CCc2c(sc(NC(=O)C=Cc3cccnc3)c2C#N)C1. The number of aromatic nitrogens is 3. The van der Waals surface area contributed by atoms with E-state index in [9.17, 15) is 14.9 Å². The number of nitrogens with zero attached hydrogens (tertiary/aromatic N) is 4. The topological polar surface area (TPSA) is 122 Å². The van der Waals surface area contributed by atoms with Crippen LogP contribution in [0.2, 0.25) is 0 Å². The Kier molecular flexibility index (Phi) is 7.90. The lowest BCUT2D eigenvalue weighted by molar-refractivity contribution is -0.111. The number of carbonyl (C=O) groups is 2. The predicted octanol–water partition coefficient (Wildman–Crippen LogP) is 3.91. The number of fused-ring (bicyclic) bond motifs is 1. The van der Waals surface area contributed by atoms with E-state index in [1.165, 1.54) is 17.4 Å². The van der Waals surface area contributed by atoms with E-state index < -0.39 is 6.09 Å². The van der Waals surface area contributed by atoms with E-state index >= 15 is 0 Å². The molecule has 9 nitrogen and oxygen atoms in total. The highest BCUT2D eigenvalue weighted by Crippen LogP contribution is 2.39. The molecule has 3 aromatic heterocycles. The molecule has 1 unspecified atom stereocenters. The summed E-state index contributed by atoms with van der Waals surface area (Å²) in [5, 5.41) is 20.0. The molecule has 3 aromatic rings. The monoisotopic (exact) mass is 490 g/mol. The molecule has 180 valence electrons. The Morgan fingerprint density at radius 3 is 3.03 bits per heavy atom. The molecule has 4 rings (SSSR count). The van der Waals surface area contributed by atoms with Crippen molar-refractivity contribution in [1.82, 2.24) is 20.1 Å². The largest absolute Gasteiger partial charge is 0.449 e. The normalized spacial score (nSPS) is 14.8. The number of amides is 2. The van der Waals surface area contributed by atoms with Crippen LogP contribution >= 0.6 is 11.3 Å². The molecule has 1 aliphatic carbocycles. The highest BCUT2D eigenvalue weighted by Gasteiger charge is 2.27. The zero-order valence-electron chi connectivity index (χ0n) is 19.4. The summed E-state index contributed by atoms with van der Waals surface area (Å²) in [5.41, 5.74) is 3.24. The van der Waals surface area contributed by atoms with E-state index in [0.29, 0.717) is 36.6 Å². The average Bonchev–Trinajstić information content (AvgIpc) is 3.48. The number of hydrogen-bond donors (Lipinski definition) is 2. The number of nitrogens with one attached hydrogen (secondary N) is 2. The van der Waals surface area contributed by atoms with Crippen LogP contribution in [-0.2, 0) is 35.5 Å². The van der Waals surface area contributed by atoms with Crippen LogP contribution in [0.1, 0.15) is 40.6 Å². The molecule has 1 aliphatic rings. The predicted molar refractivity (Wildman–Crippen MR) is 133 cm³/mol. The molecule has 0 spiro atoms. The van der Waals surface area contributed by atoms with E-state index in [0.717, 1.165) is 34.7 Å². The maximum absolute atomic E-state index is 12.4. The molecule has 0 bridgehead atoms. The number of ether oxygens (including phenoxy) is 1. The molecule has 0 radical (unpaired) electrons. The van der Waals surface area contributed by atoms with Gasteiger partial charge in [0.25, 0.3) is 0 Å². The molecule has 1 atom stereocenters. The molecule has 0 aliphatic heterocycles. The lowest BCUT2D eigenvalue weighted by Gasteiger charge is -2.21. The molecule has 35 heavy (non-hydrogen) atoms. The van der Waals surface area contributed by atoms with Crippen molar-refractivity contribution >= 4 is 34.4 Å². The summed E-state index contributed by atoms with van der Waals surface area (Å²) in [6, 6.07) is 7.76. The van der Waals surface area contributed by atoms with Crippen molar-refractivity contribution in [2.75, 3.05) is 11.9 Å². The minimum absolute atomic E-state index is 0.161. The van der Waals surface area contributed by atoms with Crippen LogP contribution in [0.5, 0.6) is 0 Å². The van der Waals surface area contributed by atoms with Gasteiger partial charge in [-0.15, -0.1) is 11.3 Å². The van der Waals surface area contributed by atoms with Crippen molar-refractivity contribution in [3.8, 4) is 6.07 Å². The number of hydrogen-bond acceptors (Lipinski definition) is 7. The third-order valence-corrected chi connectivity index (χ3v) is 6.97. The van der Waals surface area contributed by atoms with E-state index in [2.05, 4.69) is 26.8 Å². The van der Waals surface area contributed by atoms with Gasteiger partial charge in [-0.2, -0.15) is 10.4 Å². The Labute approximate surface area is 207 Å². The van der Waals surface area contributed by atoms with E-state index in [1.807, 2.05) is 23.7 Å². The van der Waals surface area contributed by atoms with Crippen molar-refractivity contribution in [3.05, 3.63) is 70.1 Å². The maximum atomic E-state index is 12.4. The van der Waals surface area contributed by atoms with Crippen LogP contribution in [-0.4, -0.2) is 33.4 Å². The van der Waals surface area contributed by atoms with Crippen molar-refractivity contribution in [2.24, 2.45) is 5.92 Å². The second kappa shape index (κ2) is 11.4. The van der Waals surface area contributed by atoms with E-state index in [1.54, 1.807) is 30.7 Å². The fourth-order valence-electron chi connectivity index (χ4n) is 4.01. The summed E-state index contributed by atoms with van der Waals surface area (Å²) in [6.45, 7) is 3.38. The first kappa shape index (κ1) is 24.2. The van der Waals surface area contributed by atoms with Crippen LogP contribution < -0.4 is 10.6 Å². The minimum atomic E-state index is -0.461. The molecule has 0 fully saturated rings. The van der Waals surface area contributed by atoms with Crippen molar-refractivity contribution in [1.29, 1.82) is 5.26 Å². The zero-order chi connectivity index (χ0) is 24.6. The minimum Gasteiger partial charge on any atom is -0.449 e. The fraction of sp³-hybridized carbons (Fsp3) is 0.320. The Morgan fingerprint density at radius 1 is 1.37 bits per heavy atom. The molecule has 2 N–H and O–H groups in total. The Balaban J connectivity index is 1.31. The van der Waals surface area contributed by atoms with Gasteiger partial charge < -0.3 is 15.4 Å². The van der Waals surface area contributed by atoms with Gasteiger partial charge in [0, 0.05) is 36.1 Å². The quantitative estimate of drug-likeness (QED) is 0.462. The van der Waals surface area contributed by atoms with Gasteiger partial charge in [0.1, 0.15) is 11.1 Å². The summed E-state index contributed by atoms with van der Waals surface area (Å²) >= 11 is 1.42. The number of rotatable bonds is 8. The molecule has 0 aromatic carbocycles. The number of anilines is 1. The third kappa shape index (κ3) is 6.13. The Bertz CT molecular complexity index is 1260. The highest BCUT2D eigenvalue weighted by molar-refractivity contribution is 7.16. The highest BCUT2D eigenvalue weighted by atomic mass is 32.1. The first-order valence-corrected chi connectivity index (χ1v) is 12.2. The molecular weight excluding hydrogens is 464 g/mol. The number of alkyl carbamates (subject to hydrolysis) is 1. The molecule has 0 saturated carbocycles. The van der Waals surface area contributed by atoms with Crippen LogP contribution in [0.4, 0.5) is 9.80 Å². The fourth-order valence-corrected chi connectivity index (χ4v) is 5.32. The molecule has 2 amide bonds. The molecular formula is C25H26N6O3S.